The minimum Gasteiger partial charge on any atom is -0.369 e. The Kier molecular flexibility index (Phi) is 8.27. The van der Waals surface area contributed by atoms with Crippen LogP contribution in [0.2, 0.25) is 0 Å². The Bertz CT molecular complexity index is 1240. The van der Waals surface area contributed by atoms with Gasteiger partial charge in [-0.25, -0.2) is 9.97 Å². The second-order valence-electron chi connectivity index (χ2n) is 10.7. The predicted molar refractivity (Wildman–Crippen MR) is 155 cm³/mol. The number of nitrogens with one attached hydrogen (secondary N) is 3. The maximum Gasteiger partial charge on any atom is 0.259 e. The van der Waals surface area contributed by atoms with Gasteiger partial charge in [0, 0.05) is 76.9 Å². The molecule has 3 aliphatic rings. The summed E-state index contributed by atoms with van der Waals surface area (Å²) in [6.45, 7) is 6.83. The van der Waals surface area contributed by atoms with E-state index in [1.807, 2.05) is 7.05 Å². The number of aromatic nitrogens is 2. The van der Waals surface area contributed by atoms with Crippen molar-refractivity contribution in [2.75, 3.05) is 87.8 Å². The zero-order chi connectivity index (χ0) is 27.4. The molecular weight excluding hydrogens is 494 g/mol. The maximum absolute atomic E-state index is 12.9. The molecular formula is C28H39N9O2. The lowest BCUT2D eigenvalue weighted by Crippen LogP contribution is -2.45. The molecule has 1 saturated heterocycles. The average Bonchev–Trinajstić information content (AvgIpc) is 3.25. The minimum atomic E-state index is -0.228. The maximum atomic E-state index is 12.9. The largest absolute Gasteiger partial charge is 0.369 e. The van der Waals surface area contributed by atoms with Crippen molar-refractivity contribution < 1.29 is 9.59 Å². The van der Waals surface area contributed by atoms with Crippen molar-refractivity contribution in [3.63, 3.8) is 0 Å². The molecule has 0 aliphatic carbocycles. The van der Waals surface area contributed by atoms with E-state index in [4.69, 9.17) is 0 Å². The van der Waals surface area contributed by atoms with Crippen molar-refractivity contribution in [3.8, 4) is 0 Å². The van der Waals surface area contributed by atoms with E-state index >= 15 is 0 Å². The van der Waals surface area contributed by atoms with Crippen LogP contribution in [0.4, 0.5) is 23.0 Å². The van der Waals surface area contributed by atoms with Gasteiger partial charge in [0.15, 0.2) is 0 Å². The van der Waals surface area contributed by atoms with Crippen LogP contribution in [0.15, 0.2) is 30.7 Å². The van der Waals surface area contributed by atoms with Gasteiger partial charge < -0.3 is 35.6 Å². The summed E-state index contributed by atoms with van der Waals surface area (Å²) >= 11 is 0. The number of carbonyl (C=O) groups excluding carboxylic acids is 2. The Labute approximate surface area is 230 Å². The lowest BCUT2D eigenvalue weighted by atomic mass is 10.1. The lowest BCUT2D eigenvalue weighted by Gasteiger charge is -2.36. The van der Waals surface area contributed by atoms with Crippen molar-refractivity contribution >= 4 is 40.4 Å². The van der Waals surface area contributed by atoms with Crippen LogP contribution in [0.1, 0.15) is 30.4 Å². The van der Waals surface area contributed by atoms with E-state index in [9.17, 15) is 9.59 Å². The van der Waals surface area contributed by atoms with E-state index in [1.54, 1.807) is 11.1 Å². The molecule has 1 aromatic carbocycles. The van der Waals surface area contributed by atoms with E-state index in [1.165, 1.54) is 17.6 Å². The zero-order valence-electron chi connectivity index (χ0n) is 23.2. The molecule has 3 N–H and O–H groups in total. The number of fused-ring (bicyclic) bond motifs is 2. The highest BCUT2D eigenvalue weighted by Gasteiger charge is 2.29. The predicted octanol–water partition coefficient (Wildman–Crippen LogP) is 2.12. The average molecular weight is 534 g/mol. The fraction of sp³-hybridized carbons (Fsp3) is 0.500. The number of anilines is 4. The van der Waals surface area contributed by atoms with E-state index in [-0.39, 0.29) is 11.8 Å². The highest BCUT2D eigenvalue weighted by molar-refractivity contribution is 6.32. The Hall–Kier alpha value is -3.70. The summed E-state index contributed by atoms with van der Waals surface area (Å²) in [7, 11) is 6.13. The summed E-state index contributed by atoms with van der Waals surface area (Å²) in [5, 5.41) is 9.50. The highest BCUT2D eigenvalue weighted by Crippen LogP contribution is 2.35. The van der Waals surface area contributed by atoms with Gasteiger partial charge >= 0.3 is 0 Å². The normalized spacial score (nSPS) is 21.5. The molecule has 1 fully saturated rings. The summed E-state index contributed by atoms with van der Waals surface area (Å²) in [5.41, 5.74) is 4.51. The molecule has 2 aromatic rings. The van der Waals surface area contributed by atoms with E-state index < -0.39 is 0 Å². The van der Waals surface area contributed by atoms with Gasteiger partial charge in [-0.3, -0.25) is 9.59 Å². The number of hydrogen-bond donors (Lipinski definition) is 3. The van der Waals surface area contributed by atoms with Crippen LogP contribution in [-0.4, -0.2) is 103 Å². The topological polar surface area (TPSA) is 109 Å². The first-order valence-electron chi connectivity index (χ1n) is 13.8. The number of amides is 2. The van der Waals surface area contributed by atoms with Gasteiger partial charge in [0.25, 0.3) is 5.91 Å². The third-order valence-corrected chi connectivity index (χ3v) is 7.69. The molecule has 5 rings (SSSR count). The molecule has 0 unspecified atom stereocenters. The molecule has 0 atom stereocenters. The molecule has 208 valence electrons. The Balaban J connectivity index is 1.46. The lowest BCUT2D eigenvalue weighted by molar-refractivity contribution is -0.129. The van der Waals surface area contributed by atoms with Gasteiger partial charge in [0.05, 0.1) is 11.1 Å². The second-order valence-corrected chi connectivity index (χ2v) is 10.7. The smallest absolute Gasteiger partial charge is 0.259 e. The summed E-state index contributed by atoms with van der Waals surface area (Å²) in [6.07, 6.45) is 5.52. The first-order chi connectivity index (χ1) is 18.9. The van der Waals surface area contributed by atoms with E-state index in [0.29, 0.717) is 42.3 Å². The molecule has 0 radical (unpaired) electrons. The molecule has 2 bridgehead atoms. The standard InChI is InChI=1S/C28H39N9O2/c1-34-12-14-37(15-13-34)23-8-7-21-16-20(23)18-35(2)10-5-4-6-24(38)36(3)11-9-29-26-25-22(17-30-21)28(39)33-27(25)32-19-31-26/h7-8,16-17,19,30H,4-6,9-15,18H2,1-3H3,(H2,29,31,32,33,39)/b22-17-. The number of carbonyl (C=O) groups is 2. The SMILES string of the molecule is CN1CCN(c2ccc3cc2CN(C)CCCCC(=O)N(C)CCNc2ncnc4c2/C(=C/N3)C(=O)N4)CC1. The zero-order valence-corrected chi connectivity index (χ0v) is 23.2. The molecule has 1 aromatic heterocycles. The number of hydrogen-bond acceptors (Lipinski definition) is 9. The molecule has 4 heterocycles. The van der Waals surface area contributed by atoms with Crippen LogP contribution in [0, 0.1) is 0 Å². The van der Waals surface area contributed by atoms with Crippen molar-refractivity contribution in [1.82, 2.24) is 24.7 Å². The molecule has 11 nitrogen and oxygen atoms in total. The minimum absolute atomic E-state index is 0.136. The number of likely N-dealkylation sites (N-methyl/N-ethyl adjacent to an activating group) is 2. The van der Waals surface area contributed by atoms with Crippen LogP contribution in [-0.2, 0) is 16.1 Å². The molecule has 39 heavy (non-hydrogen) atoms. The number of piperazine rings is 1. The van der Waals surface area contributed by atoms with Gasteiger partial charge in [-0.1, -0.05) is 0 Å². The first-order valence-corrected chi connectivity index (χ1v) is 13.8. The quantitative estimate of drug-likeness (QED) is 0.508. The number of benzene rings is 1. The summed E-state index contributed by atoms with van der Waals surface area (Å²) in [4.78, 5) is 43.1. The number of nitrogens with zero attached hydrogens (tertiary/aromatic N) is 6. The van der Waals surface area contributed by atoms with Crippen molar-refractivity contribution in [2.45, 2.75) is 25.8 Å². The fourth-order valence-electron chi connectivity index (χ4n) is 5.29. The van der Waals surface area contributed by atoms with Gasteiger partial charge in [0.1, 0.15) is 18.0 Å². The Morgan fingerprint density at radius 2 is 1.67 bits per heavy atom. The molecule has 2 amide bonds. The third-order valence-electron chi connectivity index (χ3n) is 7.69. The molecule has 3 aliphatic heterocycles. The van der Waals surface area contributed by atoms with Crippen molar-refractivity contribution in [2.24, 2.45) is 0 Å². The second kappa shape index (κ2) is 12.0. The van der Waals surface area contributed by atoms with Gasteiger partial charge in [-0.2, -0.15) is 0 Å². The Morgan fingerprint density at radius 3 is 2.49 bits per heavy atom. The third kappa shape index (κ3) is 6.31. The summed E-state index contributed by atoms with van der Waals surface area (Å²) < 4.78 is 0. The van der Waals surface area contributed by atoms with Crippen LogP contribution in [0.3, 0.4) is 0 Å². The van der Waals surface area contributed by atoms with Gasteiger partial charge in [0.2, 0.25) is 5.91 Å². The van der Waals surface area contributed by atoms with Gasteiger partial charge in [-0.05, 0) is 57.2 Å². The summed E-state index contributed by atoms with van der Waals surface area (Å²) in [6, 6.07) is 6.44. The van der Waals surface area contributed by atoms with Crippen LogP contribution < -0.4 is 20.9 Å². The highest BCUT2D eigenvalue weighted by atomic mass is 16.2. The van der Waals surface area contributed by atoms with Crippen LogP contribution >= 0.6 is 0 Å². The number of rotatable bonds is 1. The molecule has 11 heteroatoms. The fourth-order valence-corrected chi connectivity index (χ4v) is 5.29. The van der Waals surface area contributed by atoms with E-state index in [0.717, 1.165) is 57.8 Å². The Morgan fingerprint density at radius 1 is 0.872 bits per heavy atom. The summed E-state index contributed by atoms with van der Waals surface area (Å²) in [5.74, 6) is 0.955. The van der Waals surface area contributed by atoms with E-state index in [2.05, 4.69) is 72.9 Å². The van der Waals surface area contributed by atoms with Crippen molar-refractivity contribution in [3.05, 3.63) is 41.9 Å². The van der Waals surface area contributed by atoms with Crippen LogP contribution in [0.5, 0.6) is 0 Å². The molecule has 0 spiro atoms. The monoisotopic (exact) mass is 533 g/mol. The molecule has 0 saturated carbocycles. The van der Waals surface area contributed by atoms with Crippen LogP contribution in [0.25, 0.3) is 5.57 Å². The van der Waals surface area contributed by atoms with Gasteiger partial charge in [-0.15, -0.1) is 0 Å². The first kappa shape index (κ1) is 26.9. The van der Waals surface area contributed by atoms with Crippen molar-refractivity contribution in [1.29, 1.82) is 0 Å².